The number of benzene rings is 1. The maximum Gasteiger partial charge on any atom is 0.320 e. The zero-order valence-corrected chi connectivity index (χ0v) is 12.8. The molecule has 6 heteroatoms. The number of rotatable bonds is 5. The molecule has 0 radical (unpaired) electrons. The lowest BCUT2D eigenvalue weighted by Gasteiger charge is -2.18. The summed E-state index contributed by atoms with van der Waals surface area (Å²) in [5, 5.41) is 5.52. The predicted molar refractivity (Wildman–Crippen MR) is 84.4 cm³/mol. The van der Waals surface area contributed by atoms with Crippen LogP contribution < -0.4 is 20.1 Å². The third kappa shape index (κ3) is 3.88. The van der Waals surface area contributed by atoms with Crippen molar-refractivity contribution in [3.63, 3.8) is 0 Å². The highest BCUT2D eigenvalue weighted by atomic mass is 16.5. The smallest absolute Gasteiger partial charge is 0.320 e. The van der Waals surface area contributed by atoms with Gasteiger partial charge >= 0.3 is 6.03 Å². The summed E-state index contributed by atoms with van der Waals surface area (Å²) in [7, 11) is 3.18. The average Bonchev–Trinajstić information content (AvgIpc) is 2.54. The second kappa shape index (κ2) is 7.31. The van der Waals surface area contributed by atoms with Crippen molar-refractivity contribution in [2.75, 3.05) is 19.5 Å². The summed E-state index contributed by atoms with van der Waals surface area (Å²) in [6.45, 7) is 1.87. The van der Waals surface area contributed by atoms with Crippen LogP contribution in [0.4, 0.5) is 10.6 Å². The minimum atomic E-state index is -0.337. The minimum absolute atomic E-state index is 0.256. The van der Waals surface area contributed by atoms with Gasteiger partial charge in [0.05, 0.1) is 20.3 Å². The Morgan fingerprint density at radius 3 is 2.64 bits per heavy atom. The van der Waals surface area contributed by atoms with E-state index < -0.39 is 0 Å². The van der Waals surface area contributed by atoms with E-state index in [-0.39, 0.29) is 12.1 Å². The van der Waals surface area contributed by atoms with E-state index in [2.05, 4.69) is 15.6 Å². The second-order valence-electron chi connectivity index (χ2n) is 4.64. The van der Waals surface area contributed by atoms with Crippen LogP contribution in [0.25, 0.3) is 0 Å². The summed E-state index contributed by atoms with van der Waals surface area (Å²) < 4.78 is 10.5. The molecule has 0 unspecified atom stereocenters. The molecule has 0 aliphatic carbocycles. The number of hydrogen-bond donors (Lipinski definition) is 2. The zero-order chi connectivity index (χ0) is 15.9. The summed E-state index contributed by atoms with van der Waals surface area (Å²) in [6.07, 6.45) is 1.62. The molecule has 0 saturated heterocycles. The van der Waals surface area contributed by atoms with Crippen LogP contribution >= 0.6 is 0 Å². The van der Waals surface area contributed by atoms with Crippen LogP contribution in [-0.4, -0.2) is 25.2 Å². The molecule has 22 heavy (non-hydrogen) atoms. The van der Waals surface area contributed by atoms with Crippen LogP contribution in [0.15, 0.2) is 42.6 Å². The number of nitrogens with one attached hydrogen (secondary N) is 2. The molecular weight excluding hydrogens is 282 g/mol. The van der Waals surface area contributed by atoms with Crippen molar-refractivity contribution < 1.29 is 14.3 Å². The lowest BCUT2D eigenvalue weighted by atomic mass is 10.1. The number of urea groups is 1. The van der Waals surface area contributed by atoms with Gasteiger partial charge in [0, 0.05) is 11.8 Å². The SMILES string of the molecule is COc1ccc(OC)c([C@H](C)NC(=O)Nc2ccccn2)c1. The normalized spacial score (nSPS) is 11.4. The molecule has 2 amide bonds. The van der Waals surface area contributed by atoms with Crippen LogP contribution in [0.3, 0.4) is 0 Å². The Morgan fingerprint density at radius 1 is 1.18 bits per heavy atom. The molecule has 1 atom stereocenters. The van der Waals surface area contributed by atoms with E-state index in [4.69, 9.17) is 9.47 Å². The van der Waals surface area contributed by atoms with Crippen LogP contribution in [0.2, 0.25) is 0 Å². The van der Waals surface area contributed by atoms with E-state index >= 15 is 0 Å². The molecule has 6 nitrogen and oxygen atoms in total. The van der Waals surface area contributed by atoms with E-state index in [1.165, 1.54) is 0 Å². The molecule has 1 aromatic carbocycles. The molecule has 0 spiro atoms. The molecule has 0 aliphatic heterocycles. The van der Waals surface area contributed by atoms with Crippen molar-refractivity contribution in [1.29, 1.82) is 0 Å². The van der Waals surface area contributed by atoms with Gasteiger partial charge in [0.1, 0.15) is 17.3 Å². The highest BCUT2D eigenvalue weighted by Crippen LogP contribution is 2.29. The largest absolute Gasteiger partial charge is 0.497 e. The first-order chi connectivity index (χ1) is 10.6. The fraction of sp³-hybridized carbons (Fsp3) is 0.250. The molecule has 0 bridgehead atoms. The predicted octanol–water partition coefficient (Wildman–Crippen LogP) is 2.98. The molecule has 0 saturated carbocycles. The molecule has 116 valence electrons. The van der Waals surface area contributed by atoms with Gasteiger partial charge in [0.25, 0.3) is 0 Å². The highest BCUT2D eigenvalue weighted by Gasteiger charge is 2.15. The highest BCUT2D eigenvalue weighted by molar-refractivity contribution is 5.88. The van der Waals surface area contributed by atoms with Gasteiger partial charge in [-0.1, -0.05) is 6.07 Å². The zero-order valence-electron chi connectivity index (χ0n) is 12.8. The number of carbonyl (C=O) groups is 1. The van der Waals surface area contributed by atoms with E-state index in [1.807, 2.05) is 25.1 Å². The van der Waals surface area contributed by atoms with Gasteiger partial charge in [-0.25, -0.2) is 9.78 Å². The van der Waals surface area contributed by atoms with Crippen molar-refractivity contribution in [3.05, 3.63) is 48.2 Å². The first-order valence-electron chi connectivity index (χ1n) is 6.84. The Hall–Kier alpha value is -2.76. The van der Waals surface area contributed by atoms with E-state index in [0.717, 1.165) is 5.56 Å². The fourth-order valence-corrected chi connectivity index (χ4v) is 2.04. The number of nitrogens with zero attached hydrogens (tertiary/aromatic N) is 1. The third-order valence-electron chi connectivity index (χ3n) is 3.16. The van der Waals surface area contributed by atoms with Crippen molar-refractivity contribution >= 4 is 11.8 Å². The van der Waals surface area contributed by atoms with Crippen molar-refractivity contribution in [1.82, 2.24) is 10.3 Å². The minimum Gasteiger partial charge on any atom is -0.497 e. The fourth-order valence-electron chi connectivity index (χ4n) is 2.04. The van der Waals surface area contributed by atoms with Crippen LogP contribution in [0.1, 0.15) is 18.5 Å². The average molecular weight is 301 g/mol. The lowest BCUT2D eigenvalue weighted by Crippen LogP contribution is -2.31. The monoisotopic (exact) mass is 301 g/mol. The molecule has 2 aromatic rings. The number of aromatic nitrogens is 1. The molecule has 1 heterocycles. The van der Waals surface area contributed by atoms with Gasteiger partial charge in [-0.15, -0.1) is 0 Å². The number of hydrogen-bond acceptors (Lipinski definition) is 4. The second-order valence-corrected chi connectivity index (χ2v) is 4.64. The van der Waals surface area contributed by atoms with Gasteiger partial charge in [-0.05, 0) is 37.3 Å². The molecule has 0 fully saturated rings. The van der Waals surface area contributed by atoms with Gasteiger partial charge in [-0.3, -0.25) is 5.32 Å². The molecule has 2 rings (SSSR count). The number of methoxy groups -OCH3 is 2. The van der Waals surface area contributed by atoms with E-state index in [9.17, 15) is 4.79 Å². The Balaban J connectivity index is 2.08. The van der Waals surface area contributed by atoms with Crippen LogP contribution in [0, 0.1) is 0 Å². The maximum atomic E-state index is 12.0. The Bertz CT molecular complexity index is 632. The van der Waals surface area contributed by atoms with Crippen molar-refractivity contribution in [2.45, 2.75) is 13.0 Å². The molecule has 1 aromatic heterocycles. The number of pyridine rings is 1. The lowest BCUT2D eigenvalue weighted by molar-refractivity contribution is 0.249. The summed E-state index contributed by atoms with van der Waals surface area (Å²) in [4.78, 5) is 16.1. The quantitative estimate of drug-likeness (QED) is 0.890. The topological polar surface area (TPSA) is 72.5 Å². The number of ether oxygens (including phenoxy) is 2. The van der Waals surface area contributed by atoms with Crippen molar-refractivity contribution in [2.24, 2.45) is 0 Å². The number of carbonyl (C=O) groups excluding carboxylic acids is 1. The first-order valence-corrected chi connectivity index (χ1v) is 6.84. The number of amides is 2. The first kappa shape index (κ1) is 15.6. The van der Waals surface area contributed by atoms with E-state index in [1.54, 1.807) is 38.6 Å². The summed E-state index contributed by atoms with van der Waals surface area (Å²) in [5.41, 5.74) is 0.832. The maximum absolute atomic E-state index is 12.0. The Morgan fingerprint density at radius 2 is 2.00 bits per heavy atom. The summed E-state index contributed by atoms with van der Waals surface area (Å²) in [5.74, 6) is 1.88. The molecule has 2 N–H and O–H groups in total. The van der Waals surface area contributed by atoms with Crippen molar-refractivity contribution in [3.8, 4) is 11.5 Å². The number of anilines is 1. The van der Waals surface area contributed by atoms with Gasteiger partial charge < -0.3 is 14.8 Å². The summed E-state index contributed by atoms with van der Waals surface area (Å²) >= 11 is 0. The standard InChI is InChI=1S/C16H19N3O3/c1-11(13-10-12(21-2)7-8-14(13)22-3)18-16(20)19-15-6-4-5-9-17-15/h4-11H,1-3H3,(H2,17,18,19,20)/t11-/m0/s1. The van der Waals surface area contributed by atoms with E-state index in [0.29, 0.717) is 17.3 Å². The van der Waals surface area contributed by atoms with Gasteiger partial charge in [0.15, 0.2) is 0 Å². The van der Waals surface area contributed by atoms with Crippen LogP contribution in [-0.2, 0) is 0 Å². The third-order valence-corrected chi connectivity index (χ3v) is 3.16. The van der Waals surface area contributed by atoms with Gasteiger partial charge in [0.2, 0.25) is 0 Å². The Labute approximate surface area is 129 Å². The Kier molecular flexibility index (Phi) is 5.19. The molecular formula is C16H19N3O3. The molecule has 0 aliphatic rings. The summed E-state index contributed by atoms with van der Waals surface area (Å²) in [6, 6.07) is 10.2. The van der Waals surface area contributed by atoms with Crippen LogP contribution in [0.5, 0.6) is 11.5 Å². The van der Waals surface area contributed by atoms with Gasteiger partial charge in [-0.2, -0.15) is 0 Å².